The quantitative estimate of drug-likeness (QED) is 0.455. The Hall–Kier alpha value is -3.23. The van der Waals surface area contributed by atoms with Crippen LogP contribution >= 0.6 is 11.8 Å². The highest BCUT2D eigenvalue weighted by molar-refractivity contribution is 8.01. The van der Waals surface area contributed by atoms with E-state index in [1.54, 1.807) is 5.32 Å². The normalized spacial score (nSPS) is 11.4. The maximum absolute atomic E-state index is 14.3. The van der Waals surface area contributed by atoms with Gasteiger partial charge in [-0.3, -0.25) is 24.5 Å². The summed E-state index contributed by atoms with van der Waals surface area (Å²) in [5.41, 5.74) is -1.71. The molecular weight excluding hydrogens is 495 g/mol. The number of hydrogen-bond acceptors (Lipinski definition) is 4. The van der Waals surface area contributed by atoms with Gasteiger partial charge in [0.1, 0.15) is 23.0 Å². The molecule has 0 radical (unpaired) electrons. The maximum atomic E-state index is 14.3. The van der Waals surface area contributed by atoms with Crippen molar-refractivity contribution in [2.24, 2.45) is 0 Å². The number of halogens is 9. The fraction of sp³-hybridized carbons (Fsp3) is 0.167. The minimum Gasteiger partial charge on any atom is -0.294 e. The van der Waals surface area contributed by atoms with Crippen LogP contribution in [0, 0.1) is 17.5 Å². The minimum absolute atomic E-state index is 0. The molecule has 180 valence electrons. The second-order valence-corrected chi connectivity index (χ2v) is 7.16. The molecule has 33 heavy (non-hydrogen) atoms. The Morgan fingerprint density at radius 3 is 1.94 bits per heavy atom. The zero-order valence-corrected chi connectivity index (χ0v) is 16.8. The van der Waals surface area contributed by atoms with E-state index in [0.717, 1.165) is 25.2 Å². The largest absolute Gasteiger partial charge is 0.457 e. The average Bonchev–Trinajstić information content (AvgIpc) is 2.65. The Labute approximate surface area is 183 Å². The summed E-state index contributed by atoms with van der Waals surface area (Å²) >= 11 is -0.864. The number of Topliss-reactive ketones (excluding diaryl/α,β-unsaturated/α-hetero) is 1. The lowest BCUT2D eigenvalue weighted by Crippen LogP contribution is -2.41. The summed E-state index contributed by atoms with van der Waals surface area (Å²) in [5.74, 6) is -8.77. The highest BCUT2D eigenvalue weighted by atomic mass is 32.2. The van der Waals surface area contributed by atoms with E-state index in [1.165, 1.54) is 0 Å². The Kier molecular flexibility index (Phi) is 8.55. The Morgan fingerprint density at radius 1 is 0.909 bits per heavy atom. The topological polar surface area (TPSA) is 66.5 Å². The van der Waals surface area contributed by atoms with E-state index in [-0.39, 0.29) is 4.70 Å². The Morgan fingerprint density at radius 2 is 1.45 bits per heavy atom. The van der Waals surface area contributed by atoms with Crippen molar-refractivity contribution in [3.8, 4) is 0 Å². The Bertz CT molecular complexity index is 1060. The smallest absolute Gasteiger partial charge is 0.294 e. The molecular formula is C18H11F9N2O3S. The zero-order chi connectivity index (χ0) is 24.4. The van der Waals surface area contributed by atoms with Crippen molar-refractivity contribution in [1.29, 1.82) is 0 Å². The number of urea groups is 1. The zero-order valence-electron chi connectivity index (χ0n) is 16.0. The number of thioether (sulfide) groups is 1. The number of amides is 3. The van der Waals surface area contributed by atoms with Gasteiger partial charge in [0, 0.05) is 11.9 Å². The van der Waals surface area contributed by atoms with Crippen LogP contribution in [0.4, 0.5) is 50.3 Å². The van der Waals surface area contributed by atoms with Crippen molar-refractivity contribution in [3.63, 3.8) is 0 Å². The van der Waals surface area contributed by atoms with Gasteiger partial charge in [-0.25, -0.2) is 18.0 Å². The van der Waals surface area contributed by atoms with Crippen molar-refractivity contribution in [3.05, 3.63) is 59.4 Å². The molecule has 0 unspecified atom stereocenters. The van der Waals surface area contributed by atoms with Gasteiger partial charge in [-0.05, 0) is 42.1 Å². The lowest BCUT2D eigenvalue weighted by atomic mass is 10.2. The molecule has 0 aliphatic heterocycles. The predicted molar refractivity (Wildman–Crippen MR) is 98.4 cm³/mol. The second kappa shape index (κ2) is 10.1. The fourth-order valence-electron chi connectivity index (χ4n) is 2.25. The molecule has 0 aliphatic carbocycles. The molecule has 0 aliphatic rings. The van der Waals surface area contributed by atoms with E-state index in [1.807, 2.05) is 0 Å². The number of carbonyl (C=O) groups is 3. The maximum Gasteiger partial charge on any atom is 0.457 e. The Balaban J connectivity index is 0.00000544. The van der Waals surface area contributed by atoms with Gasteiger partial charge in [0.2, 0.25) is 0 Å². The number of hydrogen-bond donors (Lipinski definition) is 1. The van der Waals surface area contributed by atoms with Crippen LogP contribution in [0.2, 0.25) is 0 Å². The summed E-state index contributed by atoms with van der Waals surface area (Å²) in [7, 11) is 0.910. The first-order valence-corrected chi connectivity index (χ1v) is 8.98. The number of imide groups is 1. The summed E-state index contributed by atoms with van der Waals surface area (Å²) in [5, 5.41) is -3.34. The third-order valence-electron chi connectivity index (χ3n) is 3.76. The standard InChI is InChI=1S/C18H10F8N2O3S.FH/c1-28(16(31)27-14(29)13-9(19)3-2-4-10(13)20)12-6-5-8(7-11(12)21)32-18(25,26)15(30)17(22,23)24;/h2-7H,1H3,(H,27,29,31);1H. The summed E-state index contributed by atoms with van der Waals surface area (Å²) in [4.78, 5) is 34.5. The molecule has 0 atom stereocenters. The molecule has 1 N–H and O–H groups in total. The van der Waals surface area contributed by atoms with Gasteiger partial charge in [0.15, 0.2) is 0 Å². The van der Waals surface area contributed by atoms with Crippen LogP contribution in [0.25, 0.3) is 0 Å². The van der Waals surface area contributed by atoms with Gasteiger partial charge >= 0.3 is 23.2 Å². The lowest BCUT2D eigenvalue weighted by molar-refractivity contribution is -0.185. The first-order valence-electron chi connectivity index (χ1n) is 8.16. The van der Waals surface area contributed by atoms with E-state index < -0.39 is 74.5 Å². The van der Waals surface area contributed by atoms with Crippen LogP contribution in [0.15, 0.2) is 41.3 Å². The number of nitrogens with zero attached hydrogens (tertiary/aromatic N) is 1. The number of benzene rings is 2. The molecule has 0 bridgehead atoms. The average molecular weight is 506 g/mol. The van der Waals surface area contributed by atoms with Crippen molar-refractivity contribution in [2.75, 3.05) is 11.9 Å². The third kappa shape index (κ3) is 6.40. The van der Waals surface area contributed by atoms with Crippen molar-refractivity contribution >= 4 is 35.2 Å². The van der Waals surface area contributed by atoms with Crippen molar-refractivity contribution in [1.82, 2.24) is 5.32 Å². The van der Waals surface area contributed by atoms with E-state index in [2.05, 4.69) is 0 Å². The molecule has 5 nitrogen and oxygen atoms in total. The second-order valence-electron chi connectivity index (χ2n) is 5.97. The number of anilines is 1. The molecule has 0 spiro atoms. The van der Waals surface area contributed by atoms with E-state index >= 15 is 0 Å². The molecule has 2 rings (SSSR count). The minimum atomic E-state index is -5.82. The van der Waals surface area contributed by atoms with Crippen molar-refractivity contribution < 1.29 is 54.2 Å². The van der Waals surface area contributed by atoms with Gasteiger partial charge in [0.05, 0.1) is 5.69 Å². The first-order chi connectivity index (χ1) is 14.6. The number of rotatable bonds is 5. The summed E-state index contributed by atoms with van der Waals surface area (Å²) in [6, 6.07) is 2.84. The highest BCUT2D eigenvalue weighted by Gasteiger charge is 2.55. The van der Waals surface area contributed by atoms with Gasteiger partial charge in [-0.15, -0.1) is 0 Å². The van der Waals surface area contributed by atoms with Crippen LogP contribution in [-0.4, -0.2) is 36.2 Å². The molecule has 0 heterocycles. The molecule has 2 aromatic rings. The molecule has 0 fully saturated rings. The van der Waals surface area contributed by atoms with Crippen LogP contribution in [-0.2, 0) is 4.79 Å². The van der Waals surface area contributed by atoms with Gasteiger partial charge in [-0.2, -0.15) is 22.0 Å². The number of ketones is 1. The first kappa shape index (κ1) is 27.8. The molecule has 0 saturated heterocycles. The van der Waals surface area contributed by atoms with Crippen LogP contribution < -0.4 is 10.2 Å². The monoisotopic (exact) mass is 506 g/mol. The third-order valence-corrected chi connectivity index (χ3v) is 4.69. The van der Waals surface area contributed by atoms with Crippen molar-refractivity contribution in [2.45, 2.75) is 16.3 Å². The van der Waals surface area contributed by atoms with E-state index in [0.29, 0.717) is 23.1 Å². The van der Waals surface area contributed by atoms with E-state index in [9.17, 15) is 49.5 Å². The number of nitrogens with one attached hydrogen (secondary N) is 1. The summed E-state index contributed by atoms with van der Waals surface area (Å²) < 4.78 is 105. The highest BCUT2D eigenvalue weighted by Crippen LogP contribution is 2.41. The molecule has 2 aromatic carbocycles. The number of alkyl halides is 5. The van der Waals surface area contributed by atoms with Gasteiger partial charge in [0.25, 0.3) is 5.91 Å². The van der Waals surface area contributed by atoms with Crippen LogP contribution in [0.3, 0.4) is 0 Å². The number of carbonyl (C=O) groups excluding carboxylic acids is 3. The van der Waals surface area contributed by atoms with Gasteiger partial charge in [-0.1, -0.05) is 6.07 Å². The van der Waals surface area contributed by atoms with E-state index in [4.69, 9.17) is 0 Å². The lowest BCUT2D eigenvalue weighted by Gasteiger charge is -2.20. The molecule has 0 saturated carbocycles. The fourth-order valence-corrected chi connectivity index (χ4v) is 3.05. The summed E-state index contributed by atoms with van der Waals surface area (Å²) in [6.45, 7) is 0. The van der Waals surface area contributed by atoms with Crippen LogP contribution in [0.1, 0.15) is 10.4 Å². The summed E-state index contributed by atoms with van der Waals surface area (Å²) in [6.07, 6.45) is -5.82. The molecule has 0 aromatic heterocycles. The molecule has 3 amide bonds. The predicted octanol–water partition coefficient (Wildman–Crippen LogP) is 5.06. The van der Waals surface area contributed by atoms with Gasteiger partial charge < -0.3 is 0 Å². The van der Waals surface area contributed by atoms with Crippen LogP contribution in [0.5, 0.6) is 0 Å². The molecule has 15 heteroatoms. The SMILES string of the molecule is CN(C(=O)NC(=O)c1c(F)cccc1F)c1ccc(SC(F)(F)C(=O)C(F)(F)F)cc1F.F.